The lowest BCUT2D eigenvalue weighted by Gasteiger charge is -2.21. The zero-order valence-corrected chi connectivity index (χ0v) is 13.9. The lowest BCUT2D eigenvalue weighted by Crippen LogP contribution is -2.37. The number of carbonyl (C=O) groups is 2. The van der Waals surface area contributed by atoms with E-state index in [4.69, 9.17) is 9.47 Å². The second kappa shape index (κ2) is 7.65. The standard InChI is InChI=1S/C18H19N3O4/c1-13(22)21(11-14-3-2-6-19-10-14)8-7-20-18(23)15-4-5-16-17(9-15)25-12-24-16/h2-6,9-10H,7-8,11-12H2,1H3,(H,20,23). The van der Waals surface area contributed by atoms with Gasteiger partial charge < -0.3 is 19.7 Å². The Morgan fingerprint density at radius 3 is 2.84 bits per heavy atom. The second-order valence-corrected chi connectivity index (χ2v) is 5.63. The largest absolute Gasteiger partial charge is 0.454 e. The van der Waals surface area contributed by atoms with Gasteiger partial charge in [0.2, 0.25) is 12.7 Å². The van der Waals surface area contributed by atoms with Gasteiger partial charge in [-0.1, -0.05) is 6.07 Å². The third-order valence-electron chi connectivity index (χ3n) is 3.84. The van der Waals surface area contributed by atoms with Gasteiger partial charge in [0.25, 0.3) is 5.91 Å². The zero-order valence-electron chi connectivity index (χ0n) is 13.9. The van der Waals surface area contributed by atoms with Gasteiger partial charge in [-0.05, 0) is 29.8 Å². The molecule has 0 unspecified atom stereocenters. The third-order valence-corrected chi connectivity index (χ3v) is 3.84. The van der Waals surface area contributed by atoms with Crippen molar-refractivity contribution in [3.05, 3.63) is 53.9 Å². The molecule has 7 nitrogen and oxygen atoms in total. The fourth-order valence-corrected chi connectivity index (χ4v) is 2.50. The summed E-state index contributed by atoms with van der Waals surface area (Å²) in [6.45, 7) is 2.91. The summed E-state index contributed by atoms with van der Waals surface area (Å²) in [6.07, 6.45) is 3.41. The molecule has 0 bridgehead atoms. The SMILES string of the molecule is CC(=O)N(CCNC(=O)c1ccc2c(c1)OCO2)Cc1cccnc1. The maximum Gasteiger partial charge on any atom is 0.251 e. The van der Waals surface area contributed by atoms with Crippen LogP contribution in [0, 0.1) is 0 Å². The highest BCUT2D eigenvalue weighted by Gasteiger charge is 2.16. The van der Waals surface area contributed by atoms with Gasteiger partial charge in [0.05, 0.1) is 0 Å². The van der Waals surface area contributed by atoms with Crippen LogP contribution in [0.25, 0.3) is 0 Å². The van der Waals surface area contributed by atoms with Crippen LogP contribution >= 0.6 is 0 Å². The molecule has 2 aromatic rings. The molecule has 0 fully saturated rings. The van der Waals surface area contributed by atoms with E-state index in [0.29, 0.717) is 36.7 Å². The average Bonchev–Trinajstić information content (AvgIpc) is 3.09. The maximum atomic E-state index is 12.2. The van der Waals surface area contributed by atoms with Gasteiger partial charge >= 0.3 is 0 Å². The lowest BCUT2D eigenvalue weighted by atomic mass is 10.2. The Bertz CT molecular complexity index is 764. The van der Waals surface area contributed by atoms with E-state index in [1.54, 1.807) is 35.5 Å². The van der Waals surface area contributed by atoms with Crippen LogP contribution < -0.4 is 14.8 Å². The predicted octanol–water partition coefficient (Wildman–Crippen LogP) is 1.59. The number of fused-ring (bicyclic) bond motifs is 1. The van der Waals surface area contributed by atoms with E-state index in [1.165, 1.54) is 6.92 Å². The van der Waals surface area contributed by atoms with E-state index in [-0.39, 0.29) is 18.6 Å². The summed E-state index contributed by atoms with van der Waals surface area (Å²) < 4.78 is 10.5. The number of pyridine rings is 1. The van der Waals surface area contributed by atoms with Crippen molar-refractivity contribution in [3.8, 4) is 11.5 Å². The second-order valence-electron chi connectivity index (χ2n) is 5.63. The first-order valence-electron chi connectivity index (χ1n) is 7.96. The fourth-order valence-electron chi connectivity index (χ4n) is 2.50. The lowest BCUT2D eigenvalue weighted by molar-refractivity contribution is -0.129. The Hall–Kier alpha value is -3.09. The number of hydrogen-bond donors (Lipinski definition) is 1. The first kappa shape index (κ1) is 16.8. The Kier molecular flexibility index (Phi) is 5.13. The number of amides is 2. The normalized spacial score (nSPS) is 11.9. The monoisotopic (exact) mass is 341 g/mol. The van der Waals surface area contributed by atoms with Crippen molar-refractivity contribution in [1.29, 1.82) is 0 Å². The predicted molar refractivity (Wildman–Crippen MR) is 90.2 cm³/mol. The number of nitrogens with zero attached hydrogens (tertiary/aromatic N) is 2. The topological polar surface area (TPSA) is 80.8 Å². The summed E-state index contributed by atoms with van der Waals surface area (Å²) in [5.74, 6) is 0.926. The van der Waals surface area contributed by atoms with Crippen molar-refractivity contribution in [3.63, 3.8) is 0 Å². The molecule has 0 saturated heterocycles. The quantitative estimate of drug-likeness (QED) is 0.863. The molecular weight excluding hydrogens is 322 g/mol. The molecular formula is C18H19N3O4. The Labute approximate surface area is 145 Å². The van der Waals surface area contributed by atoms with Crippen LogP contribution in [0.1, 0.15) is 22.8 Å². The van der Waals surface area contributed by atoms with Crippen molar-refractivity contribution < 1.29 is 19.1 Å². The summed E-state index contributed by atoms with van der Waals surface area (Å²) in [6, 6.07) is 8.78. The van der Waals surface area contributed by atoms with E-state index in [2.05, 4.69) is 10.3 Å². The molecule has 130 valence electrons. The Balaban J connectivity index is 1.53. The van der Waals surface area contributed by atoms with Crippen LogP contribution in [0.15, 0.2) is 42.7 Å². The minimum absolute atomic E-state index is 0.0545. The molecule has 2 heterocycles. The molecule has 7 heteroatoms. The van der Waals surface area contributed by atoms with Gasteiger partial charge in [-0.2, -0.15) is 0 Å². The molecule has 3 rings (SSSR count). The van der Waals surface area contributed by atoms with E-state index in [0.717, 1.165) is 5.56 Å². The molecule has 1 aliphatic rings. The molecule has 0 saturated carbocycles. The number of rotatable bonds is 6. The third kappa shape index (κ3) is 4.26. The van der Waals surface area contributed by atoms with Crippen molar-refractivity contribution in [2.75, 3.05) is 19.9 Å². The first-order valence-corrected chi connectivity index (χ1v) is 7.96. The van der Waals surface area contributed by atoms with E-state index in [1.807, 2.05) is 12.1 Å². The van der Waals surface area contributed by atoms with E-state index in [9.17, 15) is 9.59 Å². The highest BCUT2D eigenvalue weighted by Crippen LogP contribution is 2.32. The van der Waals surface area contributed by atoms with Crippen molar-refractivity contribution in [2.24, 2.45) is 0 Å². The highest BCUT2D eigenvalue weighted by molar-refractivity contribution is 5.94. The van der Waals surface area contributed by atoms with Gasteiger partial charge in [-0.3, -0.25) is 14.6 Å². The minimum atomic E-state index is -0.219. The number of hydrogen-bond acceptors (Lipinski definition) is 5. The van der Waals surface area contributed by atoms with Gasteiger partial charge in [-0.25, -0.2) is 0 Å². The number of ether oxygens (including phenoxy) is 2. The summed E-state index contributed by atoms with van der Waals surface area (Å²) in [4.78, 5) is 29.7. The molecule has 0 radical (unpaired) electrons. The summed E-state index contributed by atoms with van der Waals surface area (Å²) >= 11 is 0. The van der Waals surface area contributed by atoms with Crippen LogP contribution in [0.5, 0.6) is 11.5 Å². The molecule has 2 amide bonds. The average molecular weight is 341 g/mol. The van der Waals surface area contributed by atoms with Crippen molar-refractivity contribution in [2.45, 2.75) is 13.5 Å². The minimum Gasteiger partial charge on any atom is -0.454 e. The molecule has 0 aliphatic carbocycles. The summed E-state index contributed by atoms with van der Waals surface area (Å²) in [7, 11) is 0. The fraction of sp³-hybridized carbons (Fsp3) is 0.278. The number of nitrogens with one attached hydrogen (secondary N) is 1. The maximum absolute atomic E-state index is 12.2. The van der Waals surface area contributed by atoms with Crippen LogP contribution in [0.3, 0.4) is 0 Å². The van der Waals surface area contributed by atoms with Gasteiger partial charge in [0.15, 0.2) is 11.5 Å². The van der Waals surface area contributed by atoms with Gasteiger partial charge in [-0.15, -0.1) is 0 Å². The van der Waals surface area contributed by atoms with Crippen molar-refractivity contribution in [1.82, 2.24) is 15.2 Å². The smallest absolute Gasteiger partial charge is 0.251 e. The Morgan fingerprint density at radius 2 is 2.08 bits per heavy atom. The van der Waals surface area contributed by atoms with E-state index < -0.39 is 0 Å². The molecule has 1 aromatic heterocycles. The van der Waals surface area contributed by atoms with Crippen LogP contribution in [-0.2, 0) is 11.3 Å². The molecule has 1 aliphatic heterocycles. The van der Waals surface area contributed by atoms with E-state index >= 15 is 0 Å². The van der Waals surface area contributed by atoms with Crippen LogP contribution in [-0.4, -0.2) is 41.6 Å². The van der Waals surface area contributed by atoms with Gasteiger partial charge in [0.1, 0.15) is 0 Å². The molecule has 0 spiro atoms. The summed E-state index contributed by atoms with van der Waals surface area (Å²) in [5.41, 5.74) is 1.44. The molecule has 25 heavy (non-hydrogen) atoms. The van der Waals surface area contributed by atoms with Gasteiger partial charge in [0, 0.05) is 44.5 Å². The Morgan fingerprint density at radius 1 is 1.24 bits per heavy atom. The molecule has 0 atom stereocenters. The first-order chi connectivity index (χ1) is 12.1. The molecule has 1 N–H and O–H groups in total. The number of carbonyl (C=O) groups excluding carboxylic acids is 2. The zero-order chi connectivity index (χ0) is 17.6. The number of aromatic nitrogens is 1. The molecule has 1 aromatic carbocycles. The van der Waals surface area contributed by atoms with Crippen molar-refractivity contribution >= 4 is 11.8 Å². The summed E-state index contributed by atoms with van der Waals surface area (Å²) in [5, 5.41) is 2.82. The van der Waals surface area contributed by atoms with Crippen LogP contribution in [0.2, 0.25) is 0 Å². The highest BCUT2D eigenvalue weighted by atomic mass is 16.7. The van der Waals surface area contributed by atoms with Crippen LogP contribution in [0.4, 0.5) is 0 Å². The number of benzene rings is 1.